The van der Waals surface area contributed by atoms with Gasteiger partial charge in [-0.25, -0.2) is 15.0 Å². The van der Waals surface area contributed by atoms with Crippen LogP contribution in [0.2, 0.25) is 5.02 Å². The predicted molar refractivity (Wildman–Crippen MR) is 111 cm³/mol. The molecule has 2 aromatic carbocycles. The maximum Gasteiger partial charge on any atom is 0.227 e. The van der Waals surface area contributed by atoms with Crippen LogP contribution in [0.15, 0.2) is 67.3 Å². The monoisotopic (exact) mass is 391 g/mol. The molecule has 6 nitrogen and oxygen atoms in total. The van der Waals surface area contributed by atoms with E-state index in [1.54, 1.807) is 19.6 Å². The Morgan fingerprint density at radius 2 is 1.86 bits per heavy atom. The molecule has 0 aliphatic heterocycles. The van der Waals surface area contributed by atoms with Crippen LogP contribution in [0.5, 0.6) is 5.75 Å². The maximum absolute atomic E-state index is 5.96. The van der Waals surface area contributed by atoms with Gasteiger partial charge in [0.2, 0.25) is 5.95 Å². The second-order valence-electron chi connectivity index (χ2n) is 6.21. The minimum atomic E-state index is 0.501. The van der Waals surface area contributed by atoms with Crippen LogP contribution in [0.4, 0.5) is 11.6 Å². The van der Waals surface area contributed by atoms with Gasteiger partial charge >= 0.3 is 0 Å². The number of aromatic nitrogens is 4. The molecule has 0 spiro atoms. The van der Waals surface area contributed by atoms with Crippen LogP contribution < -0.4 is 10.1 Å². The van der Waals surface area contributed by atoms with Crippen LogP contribution in [0.3, 0.4) is 0 Å². The summed E-state index contributed by atoms with van der Waals surface area (Å²) in [5.41, 5.74) is 4.46. The van der Waals surface area contributed by atoms with Crippen molar-refractivity contribution in [3.05, 3.63) is 78.0 Å². The van der Waals surface area contributed by atoms with Gasteiger partial charge in [-0.3, -0.25) is 0 Å². The summed E-state index contributed by atoms with van der Waals surface area (Å²) in [6.45, 7) is 1.95. The lowest BCUT2D eigenvalue weighted by Crippen LogP contribution is -2.00. The summed E-state index contributed by atoms with van der Waals surface area (Å²) in [5.74, 6) is 1.22. The zero-order chi connectivity index (χ0) is 19.5. The van der Waals surface area contributed by atoms with Crippen LogP contribution in [-0.4, -0.2) is 26.6 Å². The SMILES string of the molecule is COc1cc(Nc2nccc(-c3ccc(Cl)cc3)n2)ccc1-n1cnc(C)c1. The Morgan fingerprint density at radius 3 is 2.57 bits per heavy atom. The van der Waals surface area contributed by atoms with Crippen LogP contribution >= 0.6 is 11.6 Å². The zero-order valence-corrected chi connectivity index (χ0v) is 16.2. The number of aryl methyl sites for hydroxylation is 1. The lowest BCUT2D eigenvalue weighted by atomic mass is 10.1. The summed E-state index contributed by atoms with van der Waals surface area (Å²) < 4.78 is 7.48. The van der Waals surface area contributed by atoms with Gasteiger partial charge in [-0.2, -0.15) is 0 Å². The summed E-state index contributed by atoms with van der Waals surface area (Å²) in [5, 5.41) is 3.92. The Morgan fingerprint density at radius 1 is 1.04 bits per heavy atom. The molecule has 0 fully saturated rings. The second kappa shape index (κ2) is 7.70. The van der Waals surface area contributed by atoms with Gasteiger partial charge in [0.15, 0.2) is 0 Å². The minimum Gasteiger partial charge on any atom is -0.494 e. The summed E-state index contributed by atoms with van der Waals surface area (Å²) in [4.78, 5) is 13.2. The maximum atomic E-state index is 5.96. The van der Waals surface area contributed by atoms with Crippen LogP contribution in [0, 0.1) is 6.92 Å². The molecule has 0 saturated heterocycles. The van der Waals surface area contributed by atoms with Gasteiger partial charge < -0.3 is 14.6 Å². The Balaban J connectivity index is 1.61. The number of halogens is 1. The van der Waals surface area contributed by atoms with Gasteiger partial charge in [-0.1, -0.05) is 23.7 Å². The summed E-state index contributed by atoms with van der Waals surface area (Å²) in [6, 6.07) is 15.2. The van der Waals surface area contributed by atoms with Crippen LogP contribution in [-0.2, 0) is 0 Å². The van der Waals surface area contributed by atoms with Crippen molar-refractivity contribution in [2.75, 3.05) is 12.4 Å². The molecule has 0 aliphatic carbocycles. The number of nitrogens with one attached hydrogen (secondary N) is 1. The quantitative estimate of drug-likeness (QED) is 0.516. The molecule has 0 saturated carbocycles. The average Bonchev–Trinajstić information content (AvgIpc) is 3.15. The van der Waals surface area contributed by atoms with Crippen molar-refractivity contribution >= 4 is 23.2 Å². The smallest absolute Gasteiger partial charge is 0.227 e. The fourth-order valence-electron chi connectivity index (χ4n) is 2.85. The molecule has 0 bridgehead atoms. The van der Waals surface area contributed by atoms with E-state index in [-0.39, 0.29) is 0 Å². The third-order valence-corrected chi connectivity index (χ3v) is 4.47. The van der Waals surface area contributed by atoms with Crippen LogP contribution in [0.25, 0.3) is 16.9 Å². The molecular weight excluding hydrogens is 374 g/mol. The topological polar surface area (TPSA) is 64.9 Å². The molecule has 1 N–H and O–H groups in total. The highest BCUT2D eigenvalue weighted by Gasteiger charge is 2.09. The molecular formula is C21H18ClN5O. The van der Waals surface area contributed by atoms with Gasteiger partial charge in [0.25, 0.3) is 0 Å². The molecule has 0 radical (unpaired) electrons. The van der Waals surface area contributed by atoms with Crippen molar-refractivity contribution in [2.24, 2.45) is 0 Å². The molecule has 7 heteroatoms. The number of hydrogen-bond donors (Lipinski definition) is 1. The number of anilines is 2. The minimum absolute atomic E-state index is 0.501. The number of nitrogens with zero attached hydrogens (tertiary/aromatic N) is 4. The standard InChI is InChI=1S/C21H18ClN5O/c1-14-12-27(13-24-14)19-8-7-17(11-20(19)28-2)25-21-23-10-9-18(26-21)15-3-5-16(22)6-4-15/h3-13H,1-2H3,(H,23,25,26). The van der Waals surface area contributed by atoms with E-state index in [2.05, 4.69) is 20.3 Å². The Labute approximate surface area is 167 Å². The molecule has 0 aliphatic rings. The molecule has 140 valence electrons. The van der Waals surface area contributed by atoms with Gasteiger partial charge in [-0.05, 0) is 37.3 Å². The van der Waals surface area contributed by atoms with Crippen LogP contribution in [0.1, 0.15) is 5.69 Å². The number of rotatable bonds is 5. The number of imidazole rings is 1. The molecule has 28 heavy (non-hydrogen) atoms. The van der Waals surface area contributed by atoms with Gasteiger partial charge in [0, 0.05) is 34.7 Å². The summed E-state index contributed by atoms with van der Waals surface area (Å²) in [7, 11) is 1.64. The second-order valence-corrected chi connectivity index (χ2v) is 6.64. The van der Waals surface area contributed by atoms with E-state index in [0.29, 0.717) is 11.0 Å². The molecule has 2 heterocycles. The fourth-order valence-corrected chi connectivity index (χ4v) is 2.98. The number of methoxy groups -OCH3 is 1. The highest BCUT2D eigenvalue weighted by atomic mass is 35.5. The first-order valence-corrected chi connectivity index (χ1v) is 9.05. The average molecular weight is 392 g/mol. The largest absolute Gasteiger partial charge is 0.494 e. The first-order chi connectivity index (χ1) is 13.6. The van der Waals surface area contributed by atoms with Crippen molar-refractivity contribution < 1.29 is 4.74 Å². The van der Waals surface area contributed by atoms with Gasteiger partial charge in [-0.15, -0.1) is 0 Å². The molecule has 4 aromatic rings. The van der Waals surface area contributed by atoms with E-state index in [9.17, 15) is 0 Å². The lowest BCUT2D eigenvalue weighted by molar-refractivity contribution is 0.413. The van der Waals surface area contributed by atoms with E-state index in [1.165, 1.54) is 0 Å². The summed E-state index contributed by atoms with van der Waals surface area (Å²) >= 11 is 5.96. The molecule has 0 amide bonds. The normalized spacial score (nSPS) is 10.7. The van der Waals surface area contributed by atoms with E-state index < -0.39 is 0 Å². The number of ether oxygens (including phenoxy) is 1. The van der Waals surface area contributed by atoms with Crippen molar-refractivity contribution in [3.63, 3.8) is 0 Å². The first kappa shape index (κ1) is 18.0. The van der Waals surface area contributed by atoms with Gasteiger partial charge in [0.05, 0.1) is 30.5 Å². The highest BCUT2D eigenvalue weighted by molar-refractivity contribution is 6.30. The third-order valence-electron chi connectivity index (χ3n) is 4.22. The van der Waals surface area contributed by atoms with Crippen molar-refractivity contribution in [3.8, 4) is 22.7 Å². The molecule has 0 atom stereocenters. The number of hydrogen-bond acceptors (Lipinski definition) is 5. The van der Waals surface area contributed by atoms with E-state index in [0.717, 1.165) is 34.1 Å². The predicted octanol–water partition coefficient (Wildman–Crippen LogP) is 5.04. The Kier molecular flexibility index (Phi) is 4.95. The van der Waals surface area contributed by atoms with Crippen molar-refractivity contribution in [1.29, 1.82) is 0 Å². The summed E-state index contributed by atoms with van der Waals surface area (Å²) in [6.07, 6.45) is 5.43. The molecule has 2 aromatic heterocycles. The Hall–Kier alpha value is -3.38. The lowest BCUT2D eigenvalue weighted by Gasteiger charge is -2.12. The molecule has 0 unspecified atom stereocenters. The third kappa shape index (κ3) is 3.82. The fraction of sp³-hybridized carbons (Fsp3) is 0.0952. The van der Waals surface area contributed by atoms with Crippen molar-refractivity contribution in [1.82, 2.24) is 19.5 Å². The Bertz CT molecular complexity index is 1110. The van der Waals surface area contributed by atoms with Gasteiger partial charge in [0.1, 0.15) is 5.75 Å². The number of benzene rings is 2. The first-order valence-electron chi connectivity index (χ1n) is 8.67. The highest BCUT2D eigenvalue weighted by Crippen LogP contribution is 2.28. The van der Waals surface area contributed by atoms with E-state index >= 15 is 0 Å². The zero-order valence-electron chi connectivity index (χ0n) is 15.4. The van der Waals surface area contributed by atoms with E-state index in [4.69, 9.17) is 16.3 Å². The van der Waals surface area contributed by atoms with E-state index in [1.807, 2.05) is 66.2 Å². The molecule has 4 rings (SSSR count). The van der Waals surface area contributed by atoms with Crippen molar-refractivity contribution in [2.45, 2.75) is 6.92 Å².